The standard InChI is InChI=1S/C21H16N4O2S2/c1-12-7-3-4-8-14(12)19-24-25-21(27-19)28-13(2)18(26)15(11-22)20-23-16-9-5-6-10-17(16)29-20/h3-10,13,26H,1-2H3. The molecule has 2 heterocycles. The van der Waals surface area contributed by atoms with Crippen LogP contribution in [0.2, 0.25) is 0 Å². The van der Waals surface area contributed by atoms with E-state index in [1.165, 1.54) is 23.1 Å². The molecule has 0 fully saturated rings. The van der Waals surface area contributed by atoms with E-state index >= 15 is 0 Å². The largest absolute Gasteiger partial charge is 0.510 e. The minimum atomic E-state index is -0.457. The number of nitrogens with zero attached hydrogens (tertiary/aromatic N) is 4. The molecule has 144 valence electrons. The van der Waals surface area contributed by atoms with Gasteiger partial charge in [-0.05, 0) is 37.6 Å². The number of thiazole rings is 1. The van der Waals surface area contributed by atoms with Crippen molar-refractivity contribution in [3.63, 3.8) is 0 Å². The molecule has 0 amide bonds. The monoisotopic (exact) mass is 420 g/mol. The highest BCUT2D eigenvalue weighted by Crippen LogP contribution is 2.34. The van der Waals surface area contributed by atoms with E-state index in [-0.39, 0.29) is 11.3 Å². The molecule has 29 heavy (non-hydrogen) atoms. The quantitative estimate of drug-likeness (QED) is 0.254. The molecule has 0 aliphatic heterocycles. The smallest absolute Gasteiger partial charge is 0.277 e. The van der Waals surface area contributed by atoms with Crippen LogP contribution in [0.1, 0.15) is 17.5 Å². The molecule has 0 bridgehead atoms. The lowest BCUT2D eigenvalue weighted by Crippen LogP contribution is -2.04. The Morgan fingerprint density at radius 2 is 1.93 bits per heavy atom. The topological polar surface area (TPSA) is 95.8 Å². The number of aliphatic hydroxyl groups is 1. The number of benzene rings is 2. The van der Waals surface area contributed by atoms with Gasteiger partial charge in [0.25, 0.3) is 5.22 Å². The van der Waals surface area contributed by atoms with Crippen molar-refractivity contribution in [3.05, 3.63) is 64.9 Å². The third-order valence-corrected chi connectivity index (χ3v) is 6.32. The predicted molar refractivity (Wildman–Crippen MR) is 115 cm³/mol. The maximum absolute atomic E-state index is 10.7. The second-order valence-corrected chi connectivity index (χ2v) is 8.63. The summed E-state index contributed by atoms with van der Waals surface area (Å²) >= 11 is 2.57. The summed E-state index contributed by atoms with van der Waals surface area (Å²) in [6, 6.07) is 17.5. The zero-order valence-corrected chi connectivity index (χ0v) is 17.3. The summed E-state index contributed by atoms with van der Waals surface area (Å²) in [4.78, 5) is 4.47. The van der Waals surface area contributed by atoms with Crippen LogP contribution in [0.15, 0.2) is 63.9 Å². The Morgan fingerprint density at radius 1 is 1.17 bits per heavy atom. The summed E-state index contributed by atoms with van der Waals surface area (Å²) in [5.74, 6) is 0.361. The van der Waals surface area contributed by atoms with E-state index in [2.05, 4.69) is 21.3 Å². The number of allylic oxidation sites excluding steroid dienone is 1. The Labute approximate surface area is 175 Å². The summed E-state index contributed by atoms with van der Waals surface area (Å²) in [6.07, 6.45) is 0. The molecule has 2 aromatic heterocycles. The van der Waals surface area contributed by atoms with E-state index in [1.54, 1.807) is 6.92 Å². The van der Waals surface area contributed by atoms with Gasteiger partial charge in [0.15, 0.2) is 0 Å². The summed E-state index contributed by atoms with van der Waals surface area (Å²) in [7, 11) is 0. The van der Waals surface area contributed by atoms with Crippen molar-refractivity contribution < 1.29 is 9.52 Å². The number of nitriles is 1. The van der Waals surface area contributed by atoms with Gasteiger partial charge in [-0.3, -0.25) is 0 Å². The Kier molecular flexibility index (Phi) is 5.34. The molecule has 6 nitrogen and oxygen atoms in total. The van der Waals surface area contributed by atoms with Crippen molar-refractivity contribution in [2.75, 3.05) is 0 Å². The van der Waals surface area contributed by atoms with Crippen LogP contribution >= 0.6 is 23.1 Å². The number of para-hydroxylation sites is 1. The number of aryl methyl sites for hydroxylation is 1. The molecule has 1 N–H and O–H groups in total. The number of rotatable bonds is 5. The fraction of sp³-hybridized carbons (Fsp3) is 0.143. The van der Waals surface area contributed by atoms with Crippen molar-refractivity contribution in [2.24, 2.45) is 0 Å². The lowest BCUT2D eigenvalue weighted by atomic mass is 10.1. The maximum Gasteiger partial charge on any atom is 0.277 e. The maximum atomic E-state index is 10.7. The molecule has 0 aliphatic rings. The number of fused-ring (bicyclic) bond motifs is 1. The van der Waals surface area contributed by atoms with Gasteiger partial charge in [-0.15, -0.1) is 21.5 Å². The van der Waals surface area contributed by atoms with Crippen molar-refractivity contribution in [1.29, 1.82) is 5.26 Å². The molecule has 0 radical (unpaired) electrons. The van der Waals surface area contributed by atoms with Crippen LogP contribution in [-0.2, 0) is 0 Å². The highest BCUT2D eigenvalue weighted by molar-refractivity contribution is 7.99. The van der Waals surface area contributed by atoms with Crippen molar-refractivity contribution in [2.45, 2.75) is 24.3 Å². The first-order valence-electron chi connectivity index (χ1n) is 8.82. The van der Waals surface area contributed by atoms with Gasteiger partial charge in [0.1, 0.15) is 22.4 Å². The van der Waals surface area contributed by atoms with Crippen molar-refractivity contribution in [1.82, 2.24) is 15.2 Å². The first-order valence-corrected chi connectivity index (χ1v) is 10.5. The molecular weight excluding hydrogens is 404 g/mol. The number of aromatic nitrogens is 3. The van der Waals surface area contributed by atoms with E-state index in [4.69, 9.17) is 4.42 Å². The molecule has 1 unspecified atom stereocenters. The predicted octanol–water partition coefficient (Wildman–Crippen LogP) is 5.63. The van der Waals surface area contributed by atoms with Gasteiger partial charge < -0.3 is 9.52 Å². The van der Waals surface area contributed by atoms with Crippen molar-refractivity contribution in [3.8, 4) is 17.5 Å². The first-order chi connectivity index (χ1) is 14.1. The van der Waals surface area contributed by atoms with E-state index in [0.29, 0.717) is 16.1 Å². The molecule has 0 saturated heterocycles. The fourth-order valence-corrected chi connectivity index (χ4v) is 4.50. The highest BCUT2D eigenvalue weighted by Gasteiger charge is 2.22. The molecule has 0 aliphatic carbocycles. The zero-order valence-electron chi connectivity index (χ0n) is 15.7. The molecular formula is C21H16N4O2S2. The Balaban J connectivity index is 1.59. The van der Waals surface area contributed by atoms with Crippen LogP contribution in [0.3, 0.4) is 0 Å². The average Bonchev–Trinajstić information content (AvgIpc) is 3.35. The second kappa shape index (κ2) is 8.07. The summed E-state index contributed by atoms with van der Waals surface area (Å²) < 4.78 is 6.71. The van der Waals surface area contributed by atoms with Gasteiger partial charge in [0.05, 0.1) is 15.5 Å². The molecule has 0 saturated carbocycles. The second-order valence-electron chi connectivity index (χ2n) is 6.31. The van der Waals surface area contributed by atoms with Gasteiger partial charge in [-0.25, -0.2) is 4.98 Å². The third kappa shape index (κ3) is 3.88. The van der Waals surface area contributed by atoms with Gasteiger partial charge >= 0.3 is 0 Å². The van der Waals surface area contributed by atoms with Crippen LogP contribution in [0.5, 0.6) is 0 Å². The van der Waals surface area contributed by atoms with Crippen molar-refractivity contribution >= 4 is 38.9 Å². The van der Waals surface area contributed by atoms with Gasteiger partial charge in [-0.2, -0.15) is 5.26 Å². The summed E-state index contributed by atoms with van der Waals surface area (Å²) in [5, 5.41) is 28.8. The van der Waals surface area contributed by atoms with E-state index in [1.807, 2.05) is 55.5 Å². The summed E-state index contributed by atoms with van der Waals surface area (Å²) in [6.45, 7) is 3.75. The molecule has 8 heteroatoms. The molecule has 1 atom stereocenters. The highest BCUT2D eigenvalue weighted by atomic mass is 32.2. The average molecular weight is 421 g/mol. The minimum Gasteiger partial charge on any atom is -0.510 e. The van der Waals surface area contributed by atoms with E-state index < -0.39 is 5.25 Å². The SMILES string of the molecule is Cc1ccccc1-c1nnc(SC(C)C(O)=C(C#N)c2nc3ccccc3s2)o1. The molecule has 2 aromatic carbocycles. The molecule has 0 spiro atoms. The number of hydrogen-bond acceptors (Lipinski definition) is 8. The lowest BCUT2D eigenvalue weighted by molar-refractivity contribution is 0.400. The van der Waals surface area contributed by atoms with Gasteiger partial charge in [0, 0.05) is 5.56 Å². The van der Waals surface area contributed by atoms with Crippen LogP contribution in [-0.4, -0.2) is 25.5 Å². The molecule has 4 rings (SSSR count). The first kappa shape index (κ1) is 19.2. The van der Waals surface area contributed by atoms with Crippen LogP contribution in [0.4, 0.5) is 0 Å². The Morgan fingerprint density at radius 3 is 2.69 bits per heavy atom. The third-order valence-electron chi connectivity index (χ3n) is 4.32. The summed E-state index contributed by atoms with van der Waals surface area (Å²) in [5.41, 5.74) is 2.86. The zero-order chi connectivity index (χ0) is 20.4. The van der Waals surface area contributed by atoms with E-state index in [9.17, 15) is 10.4 Å². The Hall–Kier alpha value is -3.15. The normalized spacial score (nSPS) is 13.1. The van der Waals surface area contributed by atoms with E-state index in [0.717, 1.165) is 21.3 Å². The van der Waals surface area contributed by atoms with Crippen LogP contribution < -0.4 is 0 Å². The van der Waals surface area contributed by atoms with Crippen LogP contribution in [0, 0.1) is 18.3 Å². The Bertz CT molecular complexity index is 1220. The fourth-order valence-electron chi connectivity index (χ4n) is 2.78. The number of thioether (sulfide) groups is 1. The number of aliphatic hydroxyl groups excluding tert-OH is 1. The number of hydrogen-bond donors (Lipinski definition) is 1. The minimum absolute atomic E-state index is 0.0628. The van der Waals surface area contributed by atoms with Gasteiger partial charge in [0.2, 0.25) is 5.89 Å². The molecule has 4 aromatic rings. The van der Waals surface area contributed by atoms with Gasteiger partial charge in [-0.1, -0.05) is 42.1 Å². The lowest BCUT2D eigenvalue weighted by Gasteiger charge is -2.08. The van der Waals surface area contributed by atoms with Crippen LogP contribution in [0.25, 0.3) is 27.2 Å².